The summed E-state index contributed by atoms with van der Waals surface area (Å²) in [6.45, 7) is 6.32. The fraction of sp³-hybridized carbons (Fsp3) is 0.450. The lowest BCUT2D eigenvalue weighted by molar-refractivity contribution is 0.159. The largest absolute Gasteiger partial charge is 0.353 e. The number of halogens is 1. The monoisotopic (exact) mass is 387 g/mol. The molecule has 0 aliphatic carbocycles. The molecule has 7 heteroatoms. The number of carbonyl (C=O) groups is 1. The van der Waals surface area contributed by atoms with Crippen LogP contribution in [0.1, 0.15) is 24.5 Å². The molecule has 1 N–H and O–H groups in total. The van der Waals surface area contributed by atoms with Gasteiger partial charge in [-0.3, -0.25) is 0 Å². The Hall–Kier alpha value is -2.34. The van der Waals surface area contributed by atoms with E-state index in [1.54, 1.807) is 6.20 Å². The van der Waals surface area contributed by atoms with Gasteiger partial charge in [0.25, 0.3) is 0 Å². The highest BCUT2D eigenvalue weighted by Crippen LogP contribution is 2.24. The van der Waals surface area contributed by atoms with E-state index < -0.39 is 0 Å². The van der Waals surface area contributed by atoms with Gasteiger partial charge in [-0.2, -0.15) is 5.10 Å². The third-order valence-corrected chi connectivity index (χ3v) is 5.71. The molecule has 1 aromatic heterocycles. The Bertz CT molecular complexity index is 785. The maximum absolute atomic E-state index is 12.7. The zero-order valence-corrected chi connectivity index (χ0v) is 16.8. The van der Waals surface area contributed by atoms with Gasteiger partial charge in [0.2, 0.25) is 0 Å². The third kappa shape index (κ3) is 4.69. The highest BCUT2D eigenvalue weighted by molar-refractivity contribution is 6.31. The van der Waals surface area contributed by atoms with Crippen molar-refractivity contribution < 1.29 is 4.79 Å². The molecule has 144 valence electrons. The van der Waals surface area contributed by atoms with Crippen molar-refractivity contribution in [3.05, 3.63) is 52.7 Å². The second-order valence-electron chi connectivity index (χ2n) is 7.21. The Labute approximate surface area is 165 Å². The number of nitrogens with zero attached hydrogens (tertiary/aromatic N) is 4. The summed E-state index contributed by atoms with van der Waals surface area (Å²) in [5, 5.41) is 11.9. The van der Waals surface area contributed by atoms with E-state index in [2.05, 4.69) is 27.3 Å². The van der Waals surface area contributed by atoms with Gasteiger partial charge >= 0.3 is 6.03 Å². The fourth-order valence-electron chi connectivity index (χ4n) is 3.49. The maximum atomic E-state index is 12.7. The van der Waals surface area contributed by atoms with Gasteiger partial charge in [0, 0.05) is 37.9 Å². The van der Waals surface area contributed by atoms with Gasteiger partial charge in [0.15, 0.2) is 5.82 Å². The first-order valence-corrected chi connectivity index (χ1v) is 9.62. The number of piperidine rings is 1. The first-order chi connectivity index (χ1) is 13.0. The highest BCUT2D eigenvalue weighted by atomic mass is 35.5. The standard InChI is InChI=1S/C20H26ClN5O/c1-14-8-10-26(19-5-4-9-23-24-19)13-18(14)25(3)20(27)22-12-16-6-7-17(21)15(2)11-16/h4-7,9,11,14,18H,8,10,12-13H2,1-3H3,(H,22,27)/t14-,18+/m1/s1. The first kappa shape index (κ1) is 19.4. The number of likely N-dealkylation sites (N-methyl/N-ethyl adjacent to an activating group) is 1. The van der Waals surface area contributed by atoms with Crippen molar-refractivity contribution in [2.45, 2.75) is 32.9 Å². The molecule has 0 bridgehead atoms. The third-order valence-electron chi connectivity index (χ3n) is 5.28. The van der Waals surface area contributed by atoms with Gasteiger partial charge in [-0.1, -0.05) is 30.7 Å². The first-order valence-electron chi connectivity index (χ1n) is 9.24. The second-order valence-corrected chi connectivity index (χ2v) is 7.62. The van der Waals surface area contributed by atoms with Crippen LogP contribution in [0.3, 0.4) is 0 Å². The normalized spacial score (nSPS) is 19.6. The summed E-state index contributed by atoms with van der Waals surface area (Å²) in [5.41, 5.74) is 2.05. The van der Waals surface area contributed by atoms with Gasteiger partial charge in [-0.15, -0.1) is 5.10 Å². The summed E-state index contributed by atoms with van der Waals surface area (Å²) in [6, 6.07) is 9.71. The highest BCUT2D eigenvalue weighted by Gasteiger charge is 2.32. The minimum Gasteiger partial charge on any atom is -0.353 e. The van der Waals surface area contributed by atoms with Crippen molar-refractivity contribution in [3.63, 3.8) is 0 Å². The number of benzene rings is 1. The van der Waals surface area contributed by atoms with Crippen LogP contribution in [-0.2, 0) is 6.54 Å². The molecule has 0 radical (unpaired) electrons. The van der Waals surface area contributed by atoms with Crippen molar-refractivity contribution >= 4 is 23.4 Å². The number of anilines is 1. The number of amides is 2. The second kappa shape index (κ2) is 8.57. The molecule has 0 spiro atoms. The number of rotatable bonds is 4. The van der Waals surface area contributed by atoms with Crippen molar-refractivity contribution in [2.75, 3.05) is 25.0 Å². The van der Waals surface area contributed by atoms with Crippen LogP contribution in [0.2, 0.25) is 5.02 Å². The lowest BCUT2D eigenvalue weighted by Crippen LogP contribution is -2.54. The zero-order chi connectivity index (χ0) is 19.4. The minimum absolute atomic E-state index is 0.0690. The molecule has 0 unspecified atom stereocenters. The van der Waals surface area contributed by atoms with Crippen LogP contribution in [0.15, 0.2) is 36.5 Å². The predicted octanol–water partition coefficient (Wildman–Crippen LogP) is 3.49. The van der Waals surface area contributed by atoms with Crippen molar-refractivity contribution in [2.24, 2.45) is 5.92 Å². The summed E-state index contributed by atoms with van der Waals surface area (Å²) in [7, 11) is 1.86. The number of urea groups is 1. The van der Waals surface area contributed by atoms with E-state index in [-0.39, 0.29) is 12.1 Å². The molecule has 0 saturated carbocycles. The Morgan fingerprint density at radius 3 is 2.93 bits per heavy atom. The summed E-state index contributed by atoms with van der Waals surface area (Å²) in [5.74, 6) is 1.28. The topological polar surface area (TPSA) is 61.4 Å². The number of carbonyl (C=O) groups excluding carboxylic acids is 1. The molecule has 1 aliphatic heterocycles. The van der Waals surface area contributed by atoms with E-state index in [4.69, 9.17) is 11.6 Å². The van der Waals surface area contributed by atoms with E-state index in [0.29, 0.717) is 12.5 Å². The fourth-order valence-corrected chi connectivity index (χ4v) is 3.61. The van der Waals surface area contributed by atoms with E-state index in [1.807, 2.05) is 49.2 Å². The Balaban J connectivity index is 1.61. The van der Waals surface area contributed by atoms with Crippen molar-refractivity contribution in [1.29, 1.82) is 0 Å². The molecular weight excluding hydrogens is 362 g/mol. The van der Waals surface area contributed by atoms with Crippen LogP contribution >= 0.6 is 11.6 Å². The van der Waals surface area contributed by atoms with Crippen LogP contribution in [0.25, 0.3) is 0 Å². The molecule has 1 aromatic carbocycles. The van der Waals surface area contributed by atoms with Crippen molar-refractivity contribution in [3.8, 4) is 0 Å². The summed E-state index contributed by atoms with van der Waals surface area (Å²) < 4.78 is 0. The number of aryl methyl sites for hydroxylation is 1. The molecule has 3 rings (SSSR count). The van der Waals surface area contributed by atoms with Gasteiger partial charge < -0.3 is 15.1 Å². The molecule has 1 saturated heterocycles. The molecule has 1 aliphatic rings. The maximum Gasteiger partial charge on any atom is 0.317 e. The van der Waals surface area contributed by atoms with Crippen LogP contribution in [-0.4, -0.2) is 47.3 Å². The Morgan fingerprint density at radius 2 is 2.22 bits per heavy atom. The average molecular weight is 388 g/mol. The number of aromatic nitrogens is 2. The summed E-state index contributed by atoms with van der Waals surface area (Å²) in [6.07, 6.45) is 2.68. The molecule has 2 amide bonds. The van der Waals surface area contributed by atoms with Crippen LogP contribution in [0, 0.1) is 12.8 Å². The average Bonchev–Trinajstić information content (AvgIpc) is 2.69. The predicted molar refractivity (Wildman–Crippen MR) is 108 cm³/mol. The van der Waals surface area contributed by atoms with Gasteiger partial charge in [0.05, 0.1) is 6.04 Å². The minimum atomic E-state index is -0.0690. The molecular formula is C20H26ClN5O. The van der Waals surface area contributed by atoms with Crippen LogP contribution < -0.4 is 10.2 Å². The number of hydrogen-bond acceptors (Lipinski definition) is 4. The lowest BCUT2D eigenvalue weighted by atomic mass is 9.92. The molecule has 27 heavy (non-hydrogen) atoms. The molecule has 6 nitrogen and oxygen atoms in total. The Morgan fingerprint density at radius 1 is 1.41 bits per heavy atom. The number of nitrogens with one attached hydrogen (secondary N) is 1. The van der Waals surface area contributed by atoms with Gasteiger partial charge in [0.1, 0.15) is 0 Å². The quantitative estimate of drug-likeness (QED) is 0.872. The zero-order valence-electron chi connectivity index (χ0n) is 16.0. The van der Waals surface area contributed by atoms with Crippen LogP contribution in [0.4, 0.5) is 10.6 Å². The van der Waals surface area contributed by atoms with E-state index in [0.717, 1.165) is 41.5 Å². The Kier molecular flexibility index (Phi) is 6.16. The van der Waals surface area contributed by atoms with E-state index in [9.17, 15) is 4.79 Å². The molecule has 2 heterocycles. The molecule has 2 aromatic rings. The van der Waals surface area contributed by atoms with Crippen molar-refractivity contribution in [1.82, 2.24) is 20.4 Å². The number of hydrogen-bond donors (Lipinski definition) is 1. The van der Waals surface area contributed by atoms with Crippen LogP contribution in [0.5, 0.6) is 0 Å². The summed E-state index contributed by atoms with van der Waals surface area (Å²) >= 11 is 6.07. The smallest absolute Gasteiger partial charge is 0.317 e. The van der Waals surface area contributed by atoms with E-state index >= 15 is 0 Å². The molecule has 2 atom stereocenters. The van der Waals surface area contributed by atoms with Gasteiger partial charge in [-0.25, -0.2) is 4.79 Å². The van der Waals surface area contributed by atoms with Gasteiger partial charge in [-0.05, 0) is 48.6 Å². The van der Waals surface area contributed by atoms with E-state index in [1.165, 1.54) is 0 Å². The SMILES string of the molecule is Cc1cc(CNC(=O)N(C)[C@H]2CN(c3cccnn3)CC[C@H]2C)ccc1Cl. The molecule has 1 fully saturated rings. The lowest BCUT2D eigenvalue weighted by Gasteiger charge is -2.41. The summed E-state index contributed by atoms with van der Waals surface area (Å²) in [4.78, 5) is 16.7.